The predicted molar refractivity (Wildman–Crippen MR) is 71.6 cm³/mol. The number of benzene rings is 1. The lowest BCUT2D eigenvalue weighted by Gasteiger charge is -2.07. The van der Waals surface area contributed by atoms with Crippen LogP contribution in [0.2, 0.25) is 10.0 Å². The molecule has 0 bridgehead atoms. The summed E-state index contributed by atoms with van der Waals surface area (Å²) in [6, 6.07) is 8.61. The van der Waals surface area contributed by atoms with Crippen LogP contribution in [0, 0.1) is 0 Å². The van der Waals surface area contributed by atoms with Gasteiger partial charge in [0, 0.05) is 5.56 Å². The Morgan fingerprint density at radius 2 is 1.89 bits per heavy atom. The lowest BCUT2D eigenvalue weighted by molar-refractivity contribution is 0.111. The average Bonchev–Trinajstić information content (AvgIpc) is 2.42. The highest BCUT2D eigenvalue weighted by Crippen LogP contribution is 2.33. The number of aromatic nitrogens is 1. The minimum absolute atomic E-state index is 0.246. The molecule has 0 aliphatic rings. The first-order chi connectivity index (χ1) is 8.65. The summed E-state index contributed by atoms with van der Waals surface area (Å²) in [5, 5.41) is 0.631. The van der Waals surface area contributed by atoms with Gasteiger partial charge in [0.05, 0.1) is 22.8 Å². The van der Waals surface area contributed by atoms with E-state index in [1.807, 2.05) is 0 Å². The Labute approximate surface area is 114 Å². The van der Waals surface area contributed by atoms with Crippen LogP contribution in [0.4, 0.5) is 0 Å². The zero-order chi connectivity index (χ0) is 13.1. The summed E-state index contributed by atoms with van der Waals surface area (Å²) >= 11 is 12.0. The fourth-order valence-electron chi connectivity index (χ4n) is 1.52. The van der Waals surface area contributed by atoms with Gasteiger partial charge < -0.3 is 4.74 Å². The molecule has 0 N–H and O–H groups in total. The van der Waals surface area contributed by atoms with Crippen LogP contribution in [-0.2, 0) is 0 Å². The third kappa shape index (κ3) is 2.47. The van der Waals surface area contributed by atoms with Crippen LogP contribution in [0.5, 0.6) is 5.75 Å². The zero-order valence-electron chi connectivity index (χ0n) is 9.48. The van der Waals surface area contributed by atoms with Crippen molar-refractivity contribution >= 4 is 29.5 Å². The van der Waals surface area contributed by atoms with Crippen molar-refractivity contribution in [2.75, 3.05) is 7.11 Å². The van der Waals surface area contributed by atoms with E-state index in [1.165, 1.54) is 6.07 Å². The SMILES string of the molecule is COc1ccc(-c2nc(C=O)cc(Cl)c2Cl)cc1. The lowest BCUT2D eigenvalue weighted by atomic mass is 10.1. The molecule has 0 atom stereocenters. The second-order valence-electron chi connectivity index (χ2n) is 3.54. The van der Waals surface area contributed by atoms with Gasteiger partial charge in [-0.3, -0.25) is 4.79 Å². The molecule has 92 valence electrons. The zero-order valence-corrected chi connectivity index (χ0v) is 11.0. The van der Waals surface area contributed by atoms with E-state index in [0.29, 0.717) is 22.0 Å². The maximum Gasteiger partial charge on any atom is 0.168 e. The van der Waals surface area contributed by atoms with Crippen molar-refractivity contribution in [3.05, 3.63) is 46.1 Å². The quantitative estimate of drug-likeness (QED) is 0.802. The van der Waals surface area contributed by atoms with Crippen LogP contribution in [0.3, 0.4) is 0 Å². The number of ether oxygens (including phenoxy) is 1. The van der Waals surface area contributed by atoms with E-state index in [1.54, 1.807) is 31.4 Å². The van der Waals surface area contributed by atoms with Gasteiger partial charge in [0.25, 0.3) is 0 Å². The standard InChI is InChI=1S/C13H9Cl2NO2/c1-18-10-4-2-8(3-5-10)13-12(15)11(14)6-9(7-17)16-13/h2-7H,1H3. The van der Waals surface area contributed by atoms with E-state index in [9.17, 15) is 4.79 Å². The Morgan fingerprint density at radius 3 is 2.44 bits per heavy atom. The number of halogens is 2. The van der Waals surface area contributed by atoms with Crippen LogP contribution >= 0.6 is 23.2 Å². The second kappa shape index (κ2) is 5.38. The van der Waals surface area contributed by atoms with Crippen molar-refractivity contribution < 1.29 is 9.53 Å². The highest BCUT2D eigenvalue weighted by molar-refractivity contribution is 6.43. The van der Waals surface area contributed by atoms with Gasteiger partial charge >= 0.3 is 0 Å². The summed E-state index contributed by atoms with van der Waals surface area (Å²) < 4.78 is 5.07. The fourth-order valence-corrected chi connectivity index (χ4v) is 1.92. The second-order valence-corrected chi connectivity index (χ2v) is 4.32. The molecule has 0 saturated carbocycles. The Kier molecular flexibility index (Phi) is 3.84. The van der Waals surface area contributed by atoms with Gasteiger partial charge in [0.1, 0.15) is 11.4 Å². The molecule has 1 aromatic carbocycles. The molecule has 0 aliphatic heterocycles. The summed E-state index contributed by atoms with van der Waals surface area (Å²) in [5.41, 5.74) is 1.50. The summed E-state index contributed by atoms with van der Waals surface area (Å²) in [6.45, 7) is 0. The molecule has 0 unspecified atom stereocenters. The number of carbonyl (C=O) groups is 1. The fraction of sp³-hybridized carbons (Fsp3) is 0.0769. The molecule has 3 nitrogen and oxygen atoms in total. The molecule has 5 heteroatoms. The molecule has 0 spiro atoms. The summed E-state index contributed by atoms with van der Waals surface area (Å²) in [6.07, 6.45) is 0.634. The van der Waals surface area contributed by atoms with Crippen molar-refractivity contribution in [3.63, 3.8) is 0 Å². The third-order valence-corrected chi connectivity index (χ3v) is 3.19. The Balaban J connectivity index is 2.54. The number of aldehydes is 1. The predicted octanol–water partition coefficient (Wildman–Crippen LogP) is 3.88. The van der Waals surface area contributed by atoms with Crippen molar-refractivity contribution in [1.29, 1.82) is 0 Å². The number of rotatable bonds is 3. The average molecular weight is 282 g/mol. The molecule has 1 heterocycles. The van der Waals surface area contributed by atoms with Gasteiger partial charge in [-0.15, -0.1) is 0 Å². The van der Waals surface area contributed by atoms with Crippen molar-refractivity contribution in [2.24, 2.45) is 0 Å². The molecular weight excluding hydrogens is 273 g/mol. The summed E-state index contributed by atoms with van der Waals surface area (Å²) in [4.78, 5) is 14.9. The molecule has 0 amide bonds. The van der Waals surface area contributed by atoms with Crippen molar-refractivity contribution in [3.8, 4) is 17.0 Å². The van der Waals surface area contributed by atoms with Crippen LogP contribution in [0.1, 0.15) is 10.5 Å². The number of hydrogen-bond acceptors (Lipinski definition) is 3. The number of hydrogen-bond donors (Lipinski definition) is 0. The van der Waals surface area contributed by atoms with E-state index in [0.717, 1.165) is 11.3 Å². The van der Waals surface area contributed by atoms with Crippen molar-refractivity contribution in [2.45, 2.75) is 0 Å². The van der Waals surface area contributed by atoms with Gasteiger partial charge in [-0.2, -0.15) is 0 Å². The maximum atomic E-state index is 10.8. The van der Waals surface area contributed by atoms with Gasteiger partial charge in [0.2, 0.25) is 0 Å². The van der Waals surface area contributed by atoms with Crippen LogP contribution in [-0.4, -0.2) is 18.4 Å². The van der Waals surface area contributed by atoms with Crippen LogP contribution in [0.15, 0.2) is 30.3 Å². The van der Waals surface area contributed by atoms with Gasteiger partial charge in [0.15, 0.2) is 6.29 Å². The molecule has 0 aliphatic carbocycles. The molecule has 18 heavy (non-hydrogen) atoms. The van der Waals surface area contributed by atoms with E-state index < -0.39 is 0 Å². The monoisotopic (exact) mass is 281 g/mol. The summed E-state index contributed by atoms with van der Waals surface area (Å²) in [5.74, 6) is 0.729. The number of carbonyl (C=O) groups excluding carboxylic acids is 1. The van der Waals surface area contributed by atoms with E-state index in [4.69, 9.17) is 27.9 Å². The molecular formula is C13H9Cl2NO2. The largest absolute Gasteiger partial charge is 0.497 e. The molecule has 0 fully saturated rings. The van der Waals surface area contributed by atoms with E-state index >= 15 is 0 Å². The molecule has 2 rings (SSSR count). The number of pyridine rings is 1. The first-order valence-corrected chi connectivity index (χ1v) is 5.87. The van der Waals surface area contributed by atoms with E-state index in [2.05, 4.69) is 4.98 Å². The van der Waals surface area contributed by atoms with Crippen LogP contribution < -0.4 is 4.74 Å². The third-order valence-electron chi connectivity index (χ3n) is 2.42. The van der Waals surface area contributed by atoms with Crippen LogP contribution in [0.25, 0.3) is 11.3 Å². The molecule has 1 aromatic heterocycles. The Hall–Kier alpha value is -1.58. The maximum absolute atomic E-state index is 10.8. The smallest absolute Gasteiger partial charge is 0.168 e. The Morgan fingerprint density at radius 1 is 1.22 bits per heavy atom. The first-order valence-electron chi connectivity index (χ1n) is 5.11. The summed E-state index contributed by atoms with van der Waals surface area (Å²) in [7, 11) is 1.59. The van der Waals surface area contributed by atoms with E-state index in [-0.39, 0.29) is 5.69 Å². The minimum Gasteiger partial charge on any atom is -0.497 e. The van der Waals surface area contributed by atoms with Crippen molar-refractivity contribution in [1.82, 2.24) is 4.98 Å². The number of methoxy groups -OCH3 is 1. The number of nitrogens with zero attached hydrogens (tertiary/aromatic N) is 1. The van der Waals surface area contributed by atoms with Gasteiger partial charge in [-0.05, 0) is 30.3 Å². The highest BCUT2D eigenvalue weighted by atomic mass is 35.5. The highest BCUT2D eigenvalue weighted by Gasteiger charge is 2.11. The van der Waals surface area contributed by atoms with Gasteiger partial charge in [-0.1, -0.05) is 23.2 Å². The van der Waals surface area contributed by atoms with Gasteiger partial charge in [-0.25, -0.2) is 4.98 Å². The normalized spacial score (nSPS) is 10.2. The topological polar surface area (TPSA) is 39.2 Å². The Bertz CT molecular complexity index is 582. The first kappa shape index (κ1) is 12.9. The molecule has 0 saturated heterocycles. The molecule has 0 radical (unpaired) electrons. The lowest BCUT2D eigenvalue weighted by Crippen LogP contribution is -1.93. The minimum atomic E-state index is 0.246. The molecule has 2 aromatic rings.